The predicted molar refractivity (Wildman–Crippen MR) is 87.1 cm³/mol. The molecule has 1 amide bonds. The average Bonchev–Trinajstić information content (AvgIpc) is 3.15. The maximum Gasteiger partial charge on any atom is 0.263 e. The summed E-state index contributed by atoms with van der Waals surface area (Å²) in [4.78, 5) is 16.2. The standard InChI is InChI=1S/C17H21NO3S/c1-12-4-5-13(21-12)14-6-7-15(22-14)16(20)18-9-3-8-17(2,10-18)11-19/h4-7,19H,3,8-11H2,1-2H3/t17-/m0/s1. The number of hydrogen-bond acceptors (Lipinski definition) is 4. The molecule has 1 fully saturated rings. The Labute approximate surface area is 134 Å². The number of hydrogen-bond donors (Lipinski definition) is 1. The first-order valence-electron chi connectivity index (χ1n) is 7.57. The second-order valence-corrected chi connectivity index (χ2v) is 7.46. The molecule has 0 saturated carbocycles. The van der Waals surface area contributed by atoms with Crippen molar-refractivity contribution in [3.63, 3.8) is 0 Å². The number of furan rings is 1. The Morgan fingerprint density at radius 1 is 1.41 bits per heavy atom. The highest BCUT2D eigenvalue weighted by atomic mass is 32.1. The summed E-state index contributed by atoms with van der Waals surface area (Å²) in [6.45, 7) is 5.46. The Kier molecular flexibility index (Phi) is 4.10. The van der Waals surface area contributed by atoms with Gasteiger partial charge >= 0.3 is 0 Å². The first kappa shape index (κ1) is 15.3. The van der Waals surface area contributed by atoms with Crippen LogP contribution in [0.1, 0.15) is 35.2 Å². The van der Waals surface area contributed by atoms with Crippen molar-refractivity contribution >= 4 is 17.2 Å². The van der Waals surface area contributed by atoms with Gasteiger partial charge in [0.25, 0.3) is 5.91 Å². The number of aliphatic hydroxyl groups excluding tert-OH is 1. The molecule has 22 heavy (non-hydrogen) atoms. The van der Waals surface area contributed by atoms with Crippen molar-refractivity contribution in [2.75, 3.05) is 19.7 Å². The van der Waals surface area contributed by atoms with E-state index in [4.69, 9.17) is 4.42 Å². The number of nitrogens with zero attached hydrogens (tertiary/aromatic N) is 1. The van der Waals surface area contributed by atoms with Gasteiger partial charge in [-0.05, 0) is 44.0 Å². The zero-order chi connectivity index (χ0) is 15.7. The molecule has 118 valence electrons. The lowest BCUT2D eigenvalue weighted by Crippen LogP contribution is -2.46. The summed E-state index contributed by atoms with van der Waals surface area (Å²) < 4.78 is 5.61. The molecule has 0 aromatic carbocycles. The summed E-state index contributed by atoms with van der Waals surface area (Å²) >= 11 is 1.46. The van der Waals surface area contributed by atoms with Gasteiger partial charge in [-0.3, -0.25) is 4.79 Å². The average molecular weight is 319 g/mol. The van der Waals surface area contributed by atoms with Gasteiger partial charge in [0.1, 0.15) is 11.5 Å². The maximum atomic E-state index is 12.7. The van der Waals surface area contributed by atoms with E-state index in [9.17, 15) is 9.90 Å². The highest BCUT2D eigenvalue weighted by Crippen LogP contribution is 2.33. The van der Waals surface area contributed by atoms with Crippen LogP contribution >= 0.6 is 11.3 Å². The Morgan fingerprint density at radius 2 is 2.23 bits per heavy atom. The smallest absolute Gasteiger partial charge is 0.263 e. The van der Waals surface area contributed by atoms with Crippen LogP contribution in [0.15, 0.2) is 28.7 Å². The van der Waals surface area contributed by atoms with Gasteiger partial charge in [-0.25, -0.2) is 0 Å². The Balaban J connectivity index is 1.77. The molecular formula is C17H21NO3S. The molecule has 0 aliphatic carbocycles. The minimum absolute atomic E-state index is 0.0545. The van der Waals surface area contributed by atoms with Crippen LogP contribution in [0.5, 0.6) is 0 Å². The van der Waals surface area contributed by atoms with E-state index in [0.29, 0.717) is 6.54 Å². The molecule has 1 aliphatic rings. The van der Waals surface area contributed by atoms with Crippen molar-refractivity contribution in [2.24, 2.45) is 5.41 Å². The fraction of sp³-hybridized carbons (Fsp3) is 0.471. The van der Waals surface area contributed by atoms with Gasteiger partial charge in [-0.15, -0.1) is 11.3 Å². The Bertz CT molecular complexity index is 675. The second-order valence-electron chi connectivity index (χ2n) is 6.37. The first-order chi connectivity index (χ1) is 10.5. The number of rotatable bonds is 3. The van der Waals surface area contributed by atoms with E-state index in [1.54, 1.807) is 0 Å². The summed E-state index contributed by atoms with van der Waals surface area (Å²) in [7, 11) is 0. The van der Waals surface area contributed by atoms with E-state index in [2.05, 4.69) is 0 Å². The molecule has 1 atom stereocenters. The van der Waals surface area contributed by atoms with E-state index in [1.165, 1.54) is 11.3 Å². The molecule has 4 nitrogen and oxygen atoms in total. The summed E-state index contributed by atoms with van der Waals surface area (Å²) in [6.07, 6.45) is 1.91. The number of likely N-dealkylation sites (tertiary alicyclic amines) is 1. The minimum atomic E-state index is -0.174. The Morgan fingerprint density at radius 3 is 2.91 bits per heavy atom. The summed E-state index contributed by atoms with van der Waals surface area (Å²) in [5, 5.41) is 9.53. The molecule has 1 saturated heterocycles. The number of carbonyl (C=O) groups is 1. The predicted octanol–water partition coefficient (Wildman–Crippen LogP) is 3.55. The molecule has 2 aromatic heterocycles. The quantitative estimate of drug-likeness (QED) is 0.941. The van der Waals surface area contributed by atoms with Gasteiger partial charge in [0.2, 0.25) is 0 Å². The molecule has 3 heterocycles. The van der Waals surface area contributed by atoms with Crippen LogP contribution in [0.3, 0.4) is 0 Å². The van der Waals surface area contributed by atoms with Crippen molar-refractivity contribution in [3.05, 3.63) is 34.9 Å². The molecule has 1 N–H and O–H groups in total. The molecule has 2 aromatic rings. The zero-order valence-corrected chi connectivity index (χ0v) is 13.8. The highest BCUT2D eigenvalue weighted by Gasteiger charge is 2.33. The van der Waals surface area contributed by atoms with Gasteiger partial charge in [0, 0.05) is 18.5 Å². The van der Waals surface area contributed by atoms with Crippen molar-refractivity contribution in [1.29, 1.82) is 0 Å². The van der Waals surface area contributed by atoms with Gasteiger partial charge in [0.05, 0.1) is 16.4 Å². The fourth-order valence-corrected chi connectivity index (χ4v) is 3.86. The molecule has 0 unspecified atom stereocenters. The molecular weight excluding hydrogens is 298 g/mol. The number of amides is 1. The minimum Gasteiger partial charge on any atom is -0.461 e. The summed E-state index contributed by atoms with van der Waals surface area (Å²) in [6, 6.07) is 7.66. The molecule has 3 rings (SSSR count). The third kappa shape index (κ3) is 2.96. The lowest BCUT2D eigenvalue weighted by atomic mass is 9.83. The van der Waals surface area contributed by atoms with Crippen LogP contribution in [0, 0.1) is 12.3 Å². The molecule has 0 spiro atoms. The molecule has 5 heteroatoms. The number of aliphatic hydroxyl groups is 1. The van der Waals surface area contributed by atoms with Crippen LogP contribution in [-0.2, 0) is 0 Å². The SMILES string of the molecule is Cc1ccc(-c2ccc(C(=O)N3CCC[C@](C)(CO)C3)s2)o1. The molecule has 0 bridgehead atoms. The van der Waals surface area contributed by atoms with Crippen LogP contribution in [0.4, 0.5) is 0 Å². The van der Waals surface area contributed by atoms with E-state index in [-0.39, 0.29) is 17.9 Å². The number of thiophene rings is 1. The van der Waals surface area contributed by atoms with E-state index >= 15 is 0 Å². The number of piperidine rings is 1. The van der Waals surface area contributed by atoms with Crippen molar-refractivity contribution < 1.29 is 14.3 Å². The third-order valence-electron chi connectivity index (χ3n) is 4.25. The van der Waals surface area contributed by atoms with Crippen LogP contribution in [-0.4, -0.2) is 35.6 Å². The Hall–Kier alpha value is -1.59. The van der Waals surface area contributed by atoms with Crippen molar-refractivity contribution in [3.8, 4) is 10.6 Å². The summed E-state index contributed by atoms with van der Waals surface area (Å²) in [5.41, 5.74) is -0.174. The van der Waals surface area contributed by atoms with E-state index in [0.717, 1.165) is 40.7 Å². The largest absolute Gasteiger partial charge is 0.461 e. The highest BCUT2D eigenvalue weighted by molar-refractivity contribution is 7.17. The monoisotopic (exact) mass is 319 g/mol. The van der Waals surface area contributed by atoms with Crippen LogP contribution < -0.4 is 0 Å². The van der Waals surface area contributed by atoms with Gasteiger partial charge in [-0.2, -0.15) is 0 Å². The normalized spacial score (nSPS) is 22.0. The molecule has 0 radical (unpaired) electrons. The topological polar surface area (TPSA) is 53.7 Å². The van der Waals surface area contributed by atoms with Gasteiger partial charge in [0.15, 0.2) is 0 Å². The maximum absolute atomic E-state index is 12.7. The van der Waals surface area contributed by atoms with Gasteiger partial charge in [-0.1, -0.05) is 6.92 Å². The number of carbonyl (C=O) groups excluding carboxylic acids is 1. The van der Waals surface area contributed by atoms with Crippen molar-refractivity contribution in [2.45, 2.75) is 26.7 Å². The van der Waals surface area contributed by atoms with E-state index in [1.807, 2.05) is 43.0 Å². The zero-order valence-electron chi connectivity index (χ0n) is 13.0. The fourth-order valence-electron chi connectivity index (χ4n) is 2.93. The van der Waals surface area contributed by atoms with Crippen molar-refractivity contribution in [1.82, 2.24) is 4.90 Å². The van der Waals surface area contributed by atoms with Crippen LogP contribution in [0.25, 0.3) is 10.6 Å². The summed E-state index contributed by atoms with van der Waals surface area (Å²) in [5.74, 6) is 1.73. The lowest BCUT2D eigenvalue weighted by Gasteiger charge is -2.39. The number of aryl methyl sites for hydroxylation is 1. The lowest BCUT2D eigenvalue weighted by molar-refractivity contribution is 0.0361. The van der Waals surface area contributed by atoms with Crippen LogP contribution in [0.2, 0.25) is 0 Å². The first-order valence-corrected chi connectivity index (χ1v) is 8.39. The molecule has 1 aliphatic heterocycles. The van der Waals surface area contributed by atoms with Gasteiger partial charge < -0.3 is 14.4 Å². The van der Waals surface area contributed by atoms with E-state index < -0.39 is 0 Å². The second kappa shape index (κ2) is 5.89. The third-order valence-corrected chi connectivity index (χ3v) is 5.34.